The second kappa shape index (κ2) is 7.68. The van der Waals surface area contributed by atoms with Gasteiger partial charge < -0.3 is 16.0 Å². The van der Waals surface area contributed by atoms with Gasteiger partial charge in [0, 0.05) is 38.3 Å². The molecule has 2 heterocycles. The van der Waals surface area contributed by atoms with Crippen LogP contribution in [-0.4, -0.2) is 45.8 Å². The molecule has 1 aliphatic heterocycles. The summed E-state index contributed by atoms with van der Waals surface area (Å²) >= 11 is 0. The molecule has 3 N–H and O–H groups in total. The number of nitrogens with one attached hydrogen (secondary N) is 1. The van der Waals surface area contributed by atoms with Crippen molar-refractivity contribution in [2.45, 2.75) is 52.5 Å². The van der Waals surface area contributed by atoms with Gasteiger partial charge >= 0.3 is 6.03 Å². The Hall–Kier alpha value is -2.05. The number of primary amides is 1. The summed E-state index contributed by atoms with van der Waals surface area (Å²) in [7, 11) is 1.93. The van der Waals surface area contributed by atoms with Gasteiger partial charge in [-0.05, 0) is 51.5 Å². The van der Waals surface area contributed by atoms with Crippen molar-refractivity contribution in [3.05, 3.63) is 17.0 Å². The number of hydrogen-bond acceptors (Lipinski definition) is 3. The Balaban J connectivity index is 1.90. The number of aromatic nitrogens is 2. The van der Waals surface area contributed by atoms with Gasteiger partial charge in [0.05, 0.1) is 5.69 Å². The van der Waals surface area contributed by atoms with Gasteiger partial charge in [0.15, 0.2) is 0 Å². The molecule has 24 heavy (non-hydrogen) atoms. The van der Waals surface area contributed by atoms with Gasteiger partial charge in [0.1, 0.15) is 0 Å². The van der Waals surface area contributed by atoms with E-state index in [0.29, 0.717) is 13.0 Å². The van der Waals surface area contributed by atoms with E-state index in [9.17, 15) is 9.59 Å². The maximum atomic E-state index is 12.5. The Kier molecular flexibility index (Phi) is 5.85. The van der Waals surface area contributed by atoms with E-state index in [1.165, 1.54) is 5.56 Å². The number of piperidine rings is 1. The average Bonchev–Trinajstić information content (AvgIpc) is 2.73. The minimum absolute atomic E-state index is 0.0237. The van der Waals surface area contributed by atoms with E-state index in [0.717, 1.165) is 37.2 Å². The Morgan fingerprint density at radius 2 is 2.12 bits per heavy atom. The fourth-order valence-corrected chi connectivity index (χ4v) is 3.47. The molecule has 0 aromatic carbocycles. The summed E-state index contributed by atoms with van der Waals surface area (Å²) in [6, 6.07) is -0.0357. The fourth-order valence-electron chi connectivity index (χ4n) is 3.47. The van der Waals surface area contributed by atoms with Crippen molar-refractivity contribution >= 4 is 11.9 Å². The quantitative estimate of drug-likeness (QED) is 0.848. The number of hydrogen-bond donors (Lipinski definition) is 2. The Morgan fingerprint density at radius 3 is 2.71 bits per heavy atom. The van der Waals surface area contributed by atoms with Gasteiger partial charge in [0.25, 0.3) is 0 Å². The van der Waals surface area contributed by atoms with Crippen molar-refractivity contribution in [2.75, 3.05) is 13.1 Å². The lowest BCUT2D eigenvalue weighted by molar-refractivity contribution is -0.119. The minimum Gasteiger partial charge on any atom is -0.370 e. The van der Waals surface area contributed by atoms with Crippen LogP contribution in [0.4, 0.5) is 4.79 Å². The Bertz CT molecular complexity index is 610. The van der Waals surface area contributed by atoms with Gasteiger partial charge in [-0.15, -0.1) is 0 Å². The van der Waals surface area contributed by atoms with Crippen molar-refractivity contribution in [1.29, 1.82) is 0 Å². The summed E-state index contributed by atoms with van der Waals surface area (Å²) in [5, 5.41) is 7.49. The zero-order valence-electron chi connectivity index (χ0n) is 15.1. The first-order valence-electron chi connectivity index (χ1n) is 8.60. The summed E-state index contributed by atoms with van der Waals surface area (Å²) in [6.07, 6.45) is 2.99. The van der Waals surface area contributed by atoms with Crippen LogP contribution < -0.4 is 11.1 Å². The molecule has 134 valence electrons. The molecule has 0 spiro atoms. The number of amides is 3. The summed E-state index contributed by atoms with van der Waals surface area (Å²) in [5.41, 5.74) is 8.61. The molecule has 7 heteroatoms. The van der Waals surface area contributed by atoms with Gasteiger partial charge in [0.2, 0.25) is 5.91 Å². The number of carbonyl (C=O) groups excluding carboxylic acids is 2. The summed E-state index contributed by atoms with van der Waals surface area (Å²) in [5.74, 6) is -0.113. The van der Waals surface area contributed by atoms with E-state index in [1.807, 2.05) is 32.5 Å². The summed E-state index contributed by atoms with van der Waals surface area (Å²) < 4.78 is 1.87. The van der Waals surface area contributed by atoms with Crippen LogP contribution in [0.15, 0.2) is 0 Å². The van der Waals surface area contributed by atoms with Crippen molar-refractivity contribution in [3.63, 3.8) is 0 Å². The summed E-state index contributed by atoms with van der Waals surface area (Å²) in [4.78, 5) is 25.4. The molecule has 1 aromatic heterocycles. The van der Waals surface area contributed by atoms with Crippen molar-refractivity contribution in [2.24, 2.45) is 18.7 Å². The third-order valence-electron chi connectivity index (χ3n) is 4.84. The summed E-state index contributed by atoms with van der Waals surface area (Å²) in [6.45, 7) is 7.39. The number of carbonyl (C=O) groups is 2. The zero-order valence-corrected chi connectivity index (χ0v) is 15.1. The fraction of sp³-hybridized carbons (Fsp3) is 0.706. The van der Waals surface area contributed by atoms with Crippen molar-refractivity contribution in [3.8, 4) is 0 Å². The molecule has 1 aromatic rings. The highest BCUT2D eigenvalue weighted by molar-refractivity contribution is 5.76. The first-order chi connectivity index (χ1) is 11.3. The molecule has 2 atom stereocenters. The standard InChI is InChI=1S/C17H29N5O2/c1-11(8-15-12(2)20-21(4)13(15)3)19-17(24)22-7-5-6-14(10-22)9-16(18)23/h11,14H,5-10H2,1-4H3,(H2,18,23)(H,19,24)/t11-,14-/m1/s1. The van der Waals surface area contributed by atoms with Crippen LogP contribution in [0.5, 0.6) is 0 Å². The third-order valence-corrected chi connectivity index (χ3v) is 4.84. The molecule has 1 saturated heterocycles. The predicted molar refractivity (Wildman–Crippen MR) is 92.5 cm³/mol. The van der Waals surface area contributed by atoms with Crippen LogP contribution in [0.25, 0.3) is 0 Å². The van der Waals surface area contributed by atoms with E-state index in [2.05, 4.69) is 10.4 Å². The molecule has 0 unspecified atom stereocenters. The lowest BCUT2D eigenvalue weighted by Gasteiger charge is -2.33. The number of urea groups is 1. The Labute approximate surface area is 143 Å². The molecule has 7 nitrogen and oxygen atoms in total. The molecule has 0 radical (unpaired) electrons. The molecule has 1 fully saturated rings. The zero-order chi connectivity index (χ0) is 17.9. The van der Waals surface area contributed by atoms with Crippen LogP contribution in [-0.2, 0) is 18.3 Å². The van der Waals surface area contributed by atoms with Crippen molar-refractivity contribution < 1.29 is 9.59 Å². The van der Waals surface area contributed by atoms with Crippen molar-refractivity contribution in [1.82, 2.24) is 20.0 Å². The number of likely N-dealkylation sites (tertiary alicyclic amines) is 1. The SMILES string of the molecule is Cc1nn(C)c(C)c1C[C@@H](C)NC(=O)N1CCC[C@H](CC(N)=O)C1. The monoisotopic (exact) mass is 335 g/mol. The van der Waals surface area contributed by atoms with Crippen LogP contribution in [0.3, 0.4) is 0 Å². The molecule has 2 rings (SSSR count). The number of rotatable bonds is 5. The largest absolute Gasteiger partial charge is 0.370 e. The molecule has 0 aliphatic carbocycles. The number of nitrogens with two attached hydrogens (primary N) is 1. The first-order valence-corrected chi connectivity index (χ1v) is 8.60. The number of aryl methyl sites for hydroxylation is 2. The molecular formula is C17H29N5O2. The van der Waals surface area contributed by atoms with Crippen LogP contribution in [0, 0.1) is 19.8 Å². The average molecular weight is 335 g/mol. The van der Waals surface area contributed by atoms with E-state index in [1.54, 1.807) is 4.90 Å². The first kappa shape index (κ1) is 18.3. The third kappa shape index (κ3) is 4.49. The molecule has 0 saturated carbocycles. The van der Waals surface area contributed by atoms with Gasteiger partial charge in [-0.3, -0.25) is 9.48 Å². The molecular weight excluding hydrogens is 306 g/mol. The van der Waals surface area contributed by atoms with Gasteiger partial charge in [-0.25, -0.2) is 4.79 Å². The topological polar surface area (TPSA) is 93.2 Å². The van der Waals surface area contributed by atoms with E-state index in [4.69, 9.17) is 5.73 Å². The highest BCUT2D eigenvalue weighted by Crippen LogP contribution is 2.20. The highest BCUT2D eigenvalue weighted by Gasteiger charge is 2.25. The molecule has 1 aliphatic rings. The van der Waals surface area contributed by atoms with Gasteiger partial charge in [-0.1, -0.05) is 0 Å². The lowest BCUT2D eigenvalue weighted by atomic mass is 9.95. The molecule has 0 bridgehead atoms. The molecule has 3 amide bonds. The van der Waals surface area contributed by atoms with Crippen LogP contribution in [0.1, 0.15) is 43.1 Å². The highest BCUT2D eigenvalue weighted by atomic mass is 16.2. The minimum atomic E-state index is -0.293. The predicted octanol–water partition coefficient (Wildman–Crippen LogP) is 1.26. The van der Waals surface area contributed by atoms with E-state index < -0.39 is 0 Å². The second-order valence-corrected chi connectivity index (χ2v) is 6.95. The second-order valence-electron chi connectivity index (χ2n) is 6.95. The van der Waals surface area contributed by atoms with Gasteiger partial charge in [-0.2, -0.15) is 5.10 Å². The van der Waals surface area contributed by atoms with Crippen LogP contribution in [0.2, 0.25) is 0 Å². The normalized spacial score (nSPS) is 19.2. The van der Waals surface area contributed by atoms with Crippen LogP contribution >= 0.6 is 0 Å². The maximum Gasteiger partial charge on any atom is 0.317 e. The number of nitrogens with zero attached hydrogens (tertiary/aromatic N) is 3. The maximum absolute atomic E-state index is 12.5. The smallest absolute Gasteiger partial charge is 0.317 e. The lowest BCUT2D eigenvalue weighted by Crippen LogP contribution is -2.48. The van der Waals surface area contributed by atoms with E-state index in [-0.39, 0.29) is 23.9 Å². The van der Waals surface area contributed by atoms with E-state index >= 15 is 0 Å². The Morgan fingerprint density at radius 1 is 1.42 bits per heavy atom.